The van der Waals surface area contributed by atoms with Crippen molar-refractivity contribution in [1.29, 1.82) is 0 Å². The molecule has 0 bridgehead atoms. The van der Waals surface area contributed by atoms with Crippen LogP contribution in [0.4, 0.5) is 0 Å². The molecule has 0 aromatic rings. The fourth-order valence-corrected chi connectivity index (χ4v) is 5.33. The summed E-state index contributed by atoms with van der Waals surface area (Å²) >= 11 is 5.00. The number of fused-ring (bicyclic) bond motifs is 1. The average molecular weight is 664 g/mol. The summed E-state index contributed by atoms with van der Waals surface area (Å²) in [6, 6.07) is -3.03. The first kappa shape index (κ1) is 41.2. The molecule has 208 valence electrons. The Bertz CT molecular complexity index is 729. The predicted octanol–water partition coefficient (Wildman–Crippen LogP) is -6.42. The molecule has 9 unspecified atom stereocenters. The van der Waals surface area contributed by atoms with Gasteiger partial charge in [0.05, 0.1) is 30.4 Å². The van der Waals surface area contributed by atoms with Gasteiger partial charge in [-0.2, -0.15) is 0 Å². The van der Waals surface area contributed by atoms with Crippen LogP contribution in [0, 0.1) is 0 Å². The third kappa shape index (κ3) is 11.0. The molecule has 1 saturated carbocycles. The summed E-state index contributed by atoms with van der Waals surface area (Å²) in [5, 5.41) is 45.0. The molecule has 0 aromatic heterocycles. The van der Waals surface area contributed by atoms with Crippen LogP contribution in [0.1, 0.15) is 26.2 Å². The van der Waals surface area contributed by atoms with Crippen LogP contribution in [0.3, 0.4) is 0 Å². The second-order valence-electron chi connectivity index (χ2n) is 10.2. The summed E-state index contributed by atoms with van der Waals surface area (Å²) in [7, 11) is 1.63. The molecular formula is C21H41K4N5O9. The van der Waals surface area contributed by atoms with Gasteiger partial charge in [0.25, 0.3) is 0 Å². The van der Waals surface area contributed by atoms with Crippen LogP contribution in [0.25, 0.3) is 0 Å². The standard InChI is InChI=1S/C21H41N5O9.4K/c1-6-7(22)4-11(27)20(31-6)35-21-13(26-2)15(29)18-12(32-21)5-10(25)19(34-18)33-17-9(24)3-8(23)14(28)16(17)30;;;;/h6-21,26-30H,3-5,22-25H2,1-2H3;;;;/t6?,7-,8+,9?,10?,11?,12-,13?,14?,15?,16+,17+,18?,19-,20+,21?;;;;/m0..../s1. The van der Waals surface area contributed by atoms with E-state index in [0.29, 0.717) is 6.42 Å². The van der Waals surface area contributed by atoms with Crippen molar-refractivity contribution in [2.24, 2.45) is 22.9 Å². The molecule has 1 aliphatic carbocycles. The Morgan fingerprint density at radius 3 is 1.95 bits per heavy atom. The number of aliphatic hydroxyl groups excluding tert-OH is 4. The summed E-state index contributed by atoms with van der Waals surface area (Å²) in [4.78, 5) is 0. The summed E-state index contributed by atoms with van der Waals surface area (Å²) in [5.74, 6) is 0. The quantitative estimate of drug-likeness (QED) is 0.124. The fourth-order valence-electron chi connectivity index (χ4n) is 5.33. The van der Waals surface area contributed by atoms with Crippen LogP contribution in [0.15, 0.2) is 0 Å². The molecule has 3 heterocycles. The number of rotatable bonds is 5. The second-order valence-corrected chi connectivity index (χ2v) is 10.2. The zero-order valence-corrected chi connectivity index (χ0v) is 36.5. The zero-order chi connectivity index (χ0) is 29.6. The SMILES string of the molecule is CNC1C(O[C@H]2OC(C)[C@@H](N)CC2O)O[C@H]2CC(N)[C@@H](O[C@@H]3C(N)C[C@@H](N)C(O)[C@H]3O)OC2C1O.[K][K].[K][K]. The number of nitrogens with two attached hydrogens (primary N) is 4. The number of likely N-dealkylation sites (N-methyl/N-ethyl adjacent to an activating group) is 1. The molecule has 0 amide bonds. The number of hydrogen-bond acceptors (Lipinski definition) is 14. The van der Waals surface area contributed by atoms with Gasteiger partial charge in [-0.15, -0.1) is 0 Å². The van der Waals surface area contributed by atoms with E-state index in [2.05, 4.69) is 5.32 Å². The van der Waals surface area contributed by atoms with E-state index in [-0.39, 0.29) is 25.0 Å². The van der Waals surface area contributed by atoms with Crippen molar-refractivity contribution in [1.82, 2.24) is 5.32 Å². The summed E-state index contributed by atoms with van der Waals surface area (Å²) < 4.78 is 29.7. The molecule has 4 fully saturated rings. The maximum absolute atomic E-state index is 11.1. The van der Waals surface area contributed by atoms with Crippen molar-refractivity contribution in [3.05, 3.63) is 0 Å². The normalized spacial score (nSPS) is 50.1. The van der Waals surface area contributed by atoms with Crippen molar-refractivity contribution < 1.29 is 44.1 Å². The molecule has 3 aliphatic heterocycles. The molecule has 39 heavy (non-hydrogen) atoms. The third-order valence-electron chi connectivity index (χ3n) is 7.58. The molecule has 4 aliphatic rings. The predicted molar refractivity (Wildman–Crippen MR) is 143 cm³/mol. The van der Waals surface area contributed by atoms with Crippen molar-refractivity contribution in [2.75, 3.05) is 7.05 Å². The minimum atomic E-state index is -1.31. The van der Waals surface area contributed by atoms with Crippen LogP contribution in [0.2, 0.25) is 0 Å². The summed E-state index contributed by atoms with van der Waals surface area (Å²) in [6.07, 6.45) is -9.43. The second kappa shape index (κ2) is 20.5. The molecule has 18 heteroatoms. The summed E-state index contributed by atoms with van der Waals surface area (Å²) in [6.45, 7) is 1.80. The van der Waals surface area contributed by atoms with Gasteiger partial charge in [-0.05, 0) is 33.2 Å². The van der Waals surface area contributed by atoms with Gasteiger partial charge in [-0.25, -0.2) is 0 Å². The number of hydrogen-bond donors (Lipinski definition) is 9. The Morgan fingerprint density at radius 2 is 1.33 bits per heavy atom. The Balaban J connectivity index is 0.00000127. The fraction of sp³-hybridized carbons (Fsp3) is 1.00. The van der Waals surface area contributed by atoms with Gasteiger partial charge in [0.15, 0.2) is 18.9 Å². The minimum absolute atomic E-state index is 0.248. The van der Waals surface area contributed by atoms with Crippen molar-refractivity contribution >= 4 is 126 Å². The van der Waals surface area contributed by atoms with Crippen LogP contribution in [0.5, 0.6) is 0 Å². The first-order valence-corrected chi connectivity index (χ1v) is 46.2. The van der Waals surface area contributed by atoms with Crippen LogP contribution < -0.4 is 28.3 Å². The molecule has 13 N–H and O–H groups in total. The molecule has 16 atom stereocenters. The van der Waals surface area contributed by atoms with Gasteiger partial charge in [0.1, 0.15) is 30.5 Å². The van der Waals surface area contributed by atoms with Gasteiger partial charge in [0, 0.05) is 18.1 Å². The van der Waals surface area contributed by atoms with E-state index in [9.17, 15) is 20.4 Å². The van der Waals surface area contributed by atoms with E-state index < -0.39 is 85.8 Å². The molecule has 0 spiro atoms. The molecule has 0 aromatic carbocycles. The molecule has 4 rings (SSSR count). The van der Waals surface area contributed by atoms with Gasteiger partial charge in [0.2, 0.25) is 0 Å². The molecule has 14 nitrogen and oxygen atoms in total. The van der Waals surface area contributed by atoms with E-state index in [4.69, 9.17) is 46.6 Å². The average Bonchev–Trinajstić information content (AvgIpc) is 2.91. The van der Waals surface area contributed by atoms with E-state index in [0.717, 1.165) is 0 Å². The number of nitrogens with one attached hydrogen (secondary N) is 1. The van der Waals surface area contributed by atoms with Crippen molar-refractivity contribution in [3.63, 3.8) is 0 Å². The molecule has 3 saturated heterocycles. The van der Waals surface area contributed by atoms with Gasteiger partial charge >= 0.3 is 126 Å². The van der Waals surface area contributed by atoms with Crippen LogP contribution in [-0.4, -0.2) is 252 Å². The topological polar surface area (TPSA) is 243 Å². The Labute approximate surface area is 320 Å². The van der Waals surface area contributed by atoms with E-state index in [1.165, 1.54) is 126 Å². The Hall–Kier alpha value is 5.99. The Morgan fingerprint density at radius 1 is 0.692 bits per heavy atom. The zero-order valence-electron chi connectivity index (χ0n) is 24.0. The third-order valence-corrected chi connectivity index (χ3v) is 7.58. The van der Waals surface area contributed by atoms with Crippen molar-refractivity contribution in [2.45, 2.75) is 124 Å². The van der Waals surface area contributed by atoms with Crippen molar-refractivity contribution in [3.8, 4) is 0 Å². The molecule has 0 radical (unpaired) electrons. The number of ether oxygens (including phenoxy) is 5. The number of aliphatic hydroxyl groups is 4. The van der Waals surface area contributed by atoms with E-state index >= 15 is 0 Å². The molecular weight excluding hydrogens is 623 g/mol. The first-order valence-electron chi connectivity index (χ1n) is 14.2. The van der Waals surface area contributed by atoms with Gasteiger partial charge in [-0.1, -0.05) is 0 Å². The van der Waals surface area contributed by atoms with Crippen LogP contribution >= 0.6 is 0 Å². The van der Waals surface area contributed by atoms with Crippen LogP contribution in [-0.2, 0) is 23.7 Å². The van der Waals surface area contributed by atoms with E-state index in [1.54, 1.807) is 14.0 Å². The first-order chi connectivity index (χ1) is 18.5. The van der Waals surface area contributed by atoms with Gasteiger partial charge < -0.3 is 72.4 Å². The Kier molecular flexibility index (Phi) is 21.6. The summed E-state index contributed by atoms with van der Waals surface area (Å²) in [5.41, 5.74) is 24.2. The maximum atomic E-state index is 11.1. The van der Waals surface area contributed by atoms with E-state index in [1.807, 2.05) is 0 Å². The monoisotopic (exact) mass is 663 g/mol. The van der Waals surface area contributed by atoms with Gasteiger partial charge in [-0.3, -0.25) is 0 Å².